The molecule has 1 aliphatic rings. The van der Waals surface area contributed by atoms with E-state index in [1.165, 1.54) is 5.56 Å². The molecular formula is C15H20O. The predicted molar refractivity (Wildman–Crippen MR) is 67.3 cm³/mol. The van der Waals surface area contributed by atoms with Crippen LogP contribution in [0.2, 0.25) is 0 Å². The largest absolute Gasteiger partial charge is 0.386 e. The molecule has 0 bridgehead atoms. The summed E-state index contributed by atoms with van der Waals surface area (Å²) >= 11 is 0. The van der Waals surface area contributed by atoms with Gasteiger partial charge >= 0.3 is 0 Å². The van der Waals surface area contributed by atoms with Gasteiger partial charge in [0.25, 0.3) is 0 Å². The van der Waals surface area contributed by atoms with Crippen molar-refractivity contribution in [1.29, 1.82) is 0 Å². The molecule has 0 radical (unpaired) electrons. The minimum Gasteiger partial charge on any atom is -0.386 e. The Morgan fingerprint density at radius 2 is 1.75 bits per heavy atom. The van der Waals surface area contributed by atoms with Gasteiger partial charge in [-0.2, -0.15) is 0 Å². The SMILES string of the molecule is C[C@@H]1CC(C)(O)C=C[C@@]1(C)c1ccccc1. The first kappa shape index (κ1) is 11.4. The van der Waals surface area contributed by atoms with E-state index >= 15 is 0 Å². The molecular weight excluding hydrogens is 196 g/mol. The van der Waals surface area contributed by atoms with Crippen molar-refractivity contribution in [3.8, 4) is 0 Å². The highest BCUT2D eigenvalue weighted by molar-refractivity contribution is 5.33. The maximum absolute atomic E-state index is 10.0. The molecule has 1 aliphatic carbocycles. The summed E-state index contributed by atoms with van der Waals surface area (Å²) in [5.74, 6) is 0.440. The van der Waals surface area contributed by atoms with Gasteiger partial charge in [-0.05, 0) is 24.8 Å². The highest BCUT2D eigenvalue weighted by atomic mass is 16.3. The molecule has 0 fully saturated rings. The van der Waals surface area contributed by atoms with Crippen LogP contribution in [-0.4, -0.2) is 10.7 Å². The molecule has 3 atom stereocenters. The third-order valence-corrected chi connectivity index (χ3v) is 3.93. The zero-order valence-electron chi connectivity index (χ0n) is 10.3. The van der Waals surface area contributed by atoms with E-state index in [4.69, 9.17) is 0 Å². The molecule has 16 heavy (non-hydrogen) atoms. The number of hydrogen-bond donors (Lipinski definition) is 1. The molecule has 1 aromatic rings. The Morgan fingerprint density at radius 1 is 1.12 bits per heavy atom. The fourth-order valence-electron chi connectivity index (χ4n) is 2.59. The number of benzene rings is 1. The van der Waals surface area contributed by atoms with Crippen molar-refractivity contribution in [2.45, 2.75) is 38.2 Å². The summed E-state index contributed by atoms with van der Waals surface area (Å²) in [7, 11) is 0. The lowest BCUT2D eigenvalue weighted by molar-refractivity contribution is 0.0627. The van der Waals surface area contributed by atoms with Crippen LogP contribution >= 0.6 is 0 Å². The van der Waals surface area contributed by atoms with E-state index in [1.54, 1.807) is 0 Å². The van der Waals surface area contributed by atoms with Crippen LogP contribution in [0.3, 0.4) is 0 Å². The van der Waals surface area contributed by atoms with E-state index in [1.807, 2.05) is 19.1 Å². The van der Waals surface area contributed by atoms with Gasteiger partial charge in [-0.25, -0.2) is 0 Å². The Bertz CT molecular complexity index is 391. The number of allylic oxidation sites excluding steroid dienone is 1. The molecule has 0 spiro atoms. The Kier molecular flexibility index (Phi) is 2.67. The maximum atomic E-state index is 10.0. The Morgan fingerprint density at radius 3 is 2.31 bits per heavy atom. The second-order valence-corrected chi connectivity index (χ2v) is 5.44. The number of hydrogen-bond acceptors (Lipinski definition) is 1. The van der Waals surface area contributed by atoms with Crippen molar-refractivity contribution in [3.05, 3.63) is 48.0 Å². The quantitative estimate of drug-likeness (QED) is 0.714. The van der Waals surface area contributed by atoms with Crippen LogP contribution in [0.1, 0.15) is 32.8 Å². The summed E-state index contributed by atoms with van der Waals surface area (Å²) in [6.07, 6.45) is 4.92. The van der Waals surface area contributed by atoms with Crippen molar-refractivity contribution < 1.29 is 5.11 Å². The second kappa shape index (κ2) is 3.74. The van der Waals surface area contributed by atoms with Gasteiger partial charge in [0, 0.05) is 5.41 Å². The van der Waals surface area contributed by atoms with Crippen molar-refractivity contribution in [1.82, 2.24) is 0 Å². The van der Waals surface area contributed by atoms with Gasteiger partial charge in [0.2, 0.25) is 0 Å². The minimum atomic E-state index is -0.645. The maximum Gasteiger partial charge on any atom is 0.0802 e. The molecule has 1 nitrogen and oxygen atoms in total. The lowest BCUT2D eigenvalue weighted by atomic mass is 9.65. The van der Waals surface area contributed by atoms with Crippen LogP contribution < -0.4 is 0 Å². The van der Waals surface area contributed by atoms with E-state index in [9.17, 15) is 5.11 Å². The summed E-state index contributed by atoms with van der Waals surface area (Å²) in [4.78, 5) is 0. The highest BCUT2D eigenvalue weighted by Gasteiger charge is 2.38. The van der Waals surface area contributed by atoms with E-state index in [-0.39, 0.29) is 5.41 Å². The Balaban J connectivity index is 2.40. The van der Waals surface area contributed by atoms with Gasteiger partial charge in [-0.3, -0.25) is 0 Å². The topological polar surface area (TPSA) is 20.2 Å². The normalized spacial score (nSPS) is 38.6. The first-order valence-electron chi connectivity index (χ1n) is 5.92. The van der Waals surface area contributed by atoms with Gasteiger partial charge in [-0.1, -0.05) is 56.3 Å². The summed E-state index contributed by atoms with van der Waals surface area (Å²) in [6, 6.07) is 10.5. The zero-order chi connectivity index (χ0) is 11.8. The van der Waals surface area contributed by atoms with E-state index in [0.717, 1.165) is 6.42 Å². The van der Waals surface area contributed by atoms with Crippen molar-refractivity contribution in [3.63, 3.8) is 0 Å². The standard InChI is InChI=1S/C15H20O/c1-12-11-14(2,16)9-10-15(12,3)13-7-5-4-6-8-13/h4-10,12,16H,11H2,1-3H3/t12-,14?,15-/m1/s1. The Hall–Kier alpha value is -1.08. The zero-order valence-corrected chi connectivity index (χ0v) is 10.3. The van der Waals surface area contributed by atoms with Crippen LogP contribution in [0, 0.1) is 5.92 Å². The monoisotopic (exact) mass is 216 g/mol. The fourth-order valence-corrected chi connectivity index (χ4v) is 2.59. The summed E-state index contributed by atoms with van der Waals surface area (Å²) < 4.78 is 0. The lowest BCUT2D eigenvalue weighted by Gasteiger charge is -2.41. The molecule has 0 aromatic heterocycles. The molecule has 1 unspecified atom stereocenters. The molecule has 1 aromatic carbocycles. The Labute approximate surface area is 97.8 Å². The molecule has 0 heterocycles. The summed E-state index contributed by atoms with van der Waals surface area (Å²) in [5.41, 5.74) is 0.728. The number of rotatable bonds is 1. The highest BCUT2D eigenvalue weighted by Crippen LogP contribution is 2.42. The average molecular weight is 216 g/mol. The first-order valence-corrected chi connectivity index (χ1v) is 5.92. The fraction of sp³-hybridized carbons (Fsp3) is 0.467. The van der Waals surface area contributed by atoms with Crippen LogP contribution in [0.25, 0.3) is 0 Å². The molecule has 1 N–H and O–H groups in total. The smallest absolute Gasteiger partial charge is 0.0802 e. The van der Waals surface area contributed by atoms with Gasteiger partial charge < -0.3 is 5.11 Å². The van der Waals surface area contributed by atoms with Gasteiger partial charge in [-0.15, -0.1) is 0 Å². The van der Waals surface area contributed by atoms with Crippen molar-refractivity contribution >= 4 is 0 Å². The average Bonchev–Trinajstić information content (AvgIpc) is 2.25. The lowest BCUT2D eigenvalue weighted by Crippen LogP contribution is -2.39. The third-order valence-electron chi connectivity index (χ3n) is 3.93. The first-order chi connectivity index (χ1) is 7.44. The predicted octanol–water partition coefficient (Wildman–Crippen LogP) is 3.29. The van der Waals surface area contributed by atoms with Gasteiger partial charge in [0.1, 0.15) is 0 Å². The minimum absolute atomic E-state index is 0.0451. The molecule has 1 heteroatoms. The van der Waals surface area contributed by atoms with Crippen LogP contribution in [0.5, 0.6) is 0 Å². The van der Waals surface area contributed by atoms with Gasteiger partial charge in [0.05, 0.1) is 5.60 Å². The number of aliphatic hydroxyl groups is 1. The van der Waals surface area contributed by atoms with Crippen molar-refractivity contribution in [2.24, 2.45) is 5.92 Å². The molecule has 0 amide bonds. The summed E-state index contributed by atoms with van der Waals surface area (Å²) in [6.45, 7) is 6.34. The van der Waals surface area contributed by atoms with Crippen LogP contribution in [-0.2, 0) is 5.41 Å². The third kappa shape index (κ3) is 1.92. The molecule has 86 valence electrons. The summed E-state index contributed by atoms with van der Waals surface area (Å²) in [5, 5.41) is 10.0. The van der Waals surface area contributed by atoms with Crippen LogP contribution in [0.15, 0.2) is 42.5 Å². The van der Waals surface area contributed by atoms with Gasteiger partial charge in [0.15, 0.2) is 0 Å². The second-order valence-electron chi connectivity index (χ2n) is 5.44. The molecule has 0 saturated carbocycles. The molecule has 0 saturated heterocycles. The van der Waals surface area contributed by atoms with E-state index in [2.05, 4.69) is 44.2 Å². The van der Waals surface area contributed by atoms with Crippen molar-refractivity contribution in [2.75, 3.05) is 0 Å². The molecule has 0 aliphatic heterocycles. The van der Waals surface area contributed by atoms with E-state index in [0.29, 0.717) is 5.92 Å². The van der Waals surface area contributed by atoms with E-state index < -0.39 is 5.60 Å². The molecule has 2 rings (SSSR count). The van der Waals surface area contributed by atoms with Crippen LogP contribution in [0.4, 0.5) is 0 Å².